The fourth-order valence-electron chi connectivity index (χ4n) is 3.90. The fraction of sp³-hybridized carbons (Fsp3) is 0.333. The normalized spacial score (nSPS) is 12.2. The first-order valence-corrected chi connectivity index (χ1v) is 14.7. The average molecular weight is 570 g/mol. The van der Waals surface area contributed by atoms with Crippen molar-refractivity contribution in [1.82, 2.24) is 10.2 Å². The number of carbonyl (C=O) groups is 2. The van der Waals surface area contributed by atoms with E-state index in [1.165, 1.54) is 17.0 Å². The van der Waals surface area contributed by atoms with Crippen molar-refractivity contribution in [3.63, 3.8) is 0 Å². The highest BCUT2D eigenvalue weighted by atomic mass is 35.5. The summed E-state index contributed by atoms with van der Waals surface area (Å²) >= 11 is 6.06. The van der Waals surface area contributed by atoms with E-state index in [0.717, 1.165) is 21.0 Å². The van der Waals surface area contributed by atoms with E-state index in [0.29, 0.717) is 17.3 Å². The molecule has 0 bridgehead atoms. The molecule has 0 fully saturated rings. The molecule has 0 spiro atoms. The zero-order valence-corrected chi connectivity index (χ0v) is 24.6. The number of hydrogen-bond donors (Lipinski definition) is 1. The number of aryl methyl sites for hydroxylation is 2. The second-order valence-electron chi connectivity index (χ2n) is 10.1. The number of benzene rings is 3. The van der Waals surface area contributed by atoms with Crippen LogP contribution in [-0.2, 0) is 26.2 Å². The zero-order valence-electron chi connectivity index (χ0n) is 23.0. The number of nitrogens with one attached hydrogen (secondary N) is 1. The summed E-state index contributed by atoms with van der Waals surface area (Å²) in [6.07, 6.45) is 0. The van der Waals surface area contributed by atoms with Gasteiger partial charge in [0.05, 0.1) is 10.6 Å². The van der Waals surface area contributed by atoms with Crippen molar-refractivity contribution in [2.75, 3.05) is 17.4 Å². The number of sulfonamides is 1. The summed E-state index contributed by atoms with van der Waals surface area (Å²) in [4.78, 5) is 28.4. The van der Waals surface area contributed by atoms with Gasteiger partial charge < -0.3 is 10.2 Å². The van der Waals surface area contributed by atoms with Crippen LogP contribution in [-0.4, -0.2) is 44.3 Å². The van der Waals surface area contributed by atoms with Gasteiger partial charge in [0.2, 0.25) is 11.8 Å². The molecule has 1 atom stereocenters. The molecule has 3 aromatic carbocycles. The molecule has 0 radical (unpaired) electrons. The smallest absolute Gasteiger partial charge is 0.264 e. The minimum absolute atomic E-state index is 0.0589. The Morgan fingerprint density at radius 3 is 1.92 bits per heavy atom. The molecule has 0 saturated carbocycles. The number of nitrogens with zero attached hydrogens (tertiary/aromatic N) is 2. The molecule has 0 aliphatic heterocycles. The van der Waals surface area contributed by atoms with E-state index >= 15 is 0 Å². The number of anilines is 1. The Hall–Kier alpha value is -3.36. The Labute approximate surface area is 236 Å². The third-order valence-corrected chi connectivity index (χ3v) is 8.37. The minimum Gasteiger partial charge on any atom is -0.354 e. The van der Waals surface area contributed by atoms with Crippen LogP contribution < -0.4 is 9.62 Å². The predicted octanol–water partition coefficient (Wildman–Crippen LogP) is 5.34. The Morgan fingerprint density at radius 1 is 0.846 bits per heavy atom. The summed E-state index contributed by atoms with van der Waals surface area (Å²) in [7, 11) is -4.12. The van der Waals surface area contributed by atoms with E-state index in [-0.39, 0.29) is 23.3 Å². The molecule has 0 unspecified atom stereocenters. The Balaban J connectivity index is 2.00. The molecule has 0 heterocycles. The number of amides is 2. The van der Waals surface area contributed by atoms with Crippen LogP contribution in [0.25, 0.3) is 0 Å². The van der Waals surface area contributed by atoms with Crippen LogP contribution in [0.3, 0.4) is 0 Å². The van der Waals surface area contributed by atoms with Crippen LogP contribution in [0, 0.1) is 19.8 Å². The highest BCUT2D eigenvalue weighted by Crippen LogP contribution is 2.26. The number of hydrogen-bond acceptors (Lipinski definition) is 4. The van der Waals surface area contributed by atoms with Crippen molar-refractivity contribution in [2.24, 2.45) is 5.92 Å². The van der Waals surface area contributed by atoms with Gasteiger partial charge in [-0.1, -0.05) is 73.0 Å². The summed E-state index contributed by atoms with van der Waals surface area (Å²) in [6.45, 7) is 9.58. The molecule has 2 amide bonds. The third kappa shape index (κ3) is 8.07. The molecule has 0 aliphatic carbocycles. The maximum absolute atomic E-state index is 13.9. The topological polar surface area (TPSA) is 86.8 Å². The summed E-state index contributed by atoms with van der Waals surface area (Å²) < 4.78 is 28.7. The molecular formula is C30H36ClN3O4S. The summed E-state index contributed by atoms with van der Waals surface area (Å²) in [6, 6.07) is 19.6. The van der Waals surface area contributed by atoms with E-state index in [4.69, 9.17) is 11.6 Å². The van der Waals surface area contributed by atoms with Gasteiger partial charge in [-0.3, -0.25) is 13.9 Å². The van der Waals surface area contributed by atoms with Crippen molar-refractivity contribution >= 4 is 39.1 Å². The molecule has 208 valence electrons. The van der Waals surface area contributed by atoms with Crippen LogP contribution in [0.5, 0.6) is 0 Å². The number of carbonyl (C=O) groups excluding carboxylic acids is 2. The highest BCUT2D eigenvalue weighted by molar-refractivity contribution is 7.92. The molecule has 3 aromatic rings. The van der Waals surface area contributed by atoms with Gasteiger partial charge in [0.1, 0.15) is 12.6 Å². The van der Waals surface area contributed by atoms with Crippen LogP contribution in [0.1, 0.15) is 37.5 Å². The van der Waals surface area contributed by atoms with Gasteiger partial charge in [0.25, 0.3) is 10.0 Å². The van der Waals surface area contributed by atoms with E-state index in [1.54, 1.807) is 43.3 Å². The molecule has 3 rings (SSSR count). The third-order valence-electron chi connectivity index (χ3n) is 6.33. The monoisotopic (exact) mass is 569 g/mol. The molecule has 0 saturated heterocycles. The second-order valence-corrected chi connectivity index (χ2v) is 12.4. The van der Waals surface area contributed by atoms with Crippen LogP contribution in [0.4, 0.5) is 5.69 Å². The van der Waals surface area contributed by atoms with E-state index < -0.39 is 28.5 Å². The van der Waals surface area contributed by atoms with Gasteiger partial charge in [-0.25, -0.2) is 8.42 Å². The fourth-order valence-corrected chi connectivity index (χ4v) is 5.44. The zero-order chi connectivity index (χ0) is 28.7. The SMILES string of the molecule is Cc1ccc(CN(C(=O)CN(c2ccc(Cl)cc2)S(=O)(=O)c2ccc(C)cc2)[C@@H](C)C(=O)NCC(C)C)cc1. The van der Waals surface area contributed by atoms with Gasteiger partial charge in [-0.15, -0.1) is 0 Å². The first-order valence-electron chi connectivity index (χ1n) is 12.9. The summed E-state index contributed by atoms with van der Waals surface area (Å²) in [5, 5.41) is 3.32. The molecule has 0 aromatic heterocycles. The molecule has 0 aliphatic rings. The first-order chi connectivity index (χ1) is 18.4. The van der Waals surface area contributed by atoms with Crippen molar-refractivity contribution in [2.45, 2.75) is 52.1 Å². The van der Waals surface area contributed by atoms with Gasteiger partial charge in [-0.05, 0) is 68.7 Å². The second kappa shape index (κ2) is 13.1. The van der Waals surface area contributed by atoms with E-state index in [9.17, 15) is 18.0 Å². The quantitative estimate of drug-likeness (QED) is 0.338. The van der Waals surface area contributed by atoms with Crippen LogP contribution in [0.15, 0.2) is 77.7 Å². The van der Waals surface area contributed by atoms with Gasteiger partial charge >= 0.3 is 0 Å². The lowest BCUT2D eigenvalue weighted by Gasteiger charge is -2.32. The van der Waals surface area contributed by atoms with Gasteiger partial charge in [-0.2, -0.15) is 0 Å². The van der Waals surface area contributed by atoms with Crippen molar-refractivity contribution in [3.8, 4) is 0 Å². The largest absolute Gasteiger partial charge is 0.354 e. The van der Waals surface area contributed by atoms with Crippen molar-refractivity contribution in [1.29, 1.82) is 0 Å². The lowest BCUT2D eigenvalue weighted by Crippen LogP contribution is -2.51. The van der Waals surface area contributed by atoms with Gasteiger partial charge in [0, 0.05) is 18.1 Å². The number of halogens is 1. The molecule has 1 N–H and O–H groups in total. The average Bonchev–Trinajstić information content (AvgIpc) is 2.90. The minimum atomic E-state index is -4.12. The van der Waals surface area contributed by atoms with E-state index in [1.807, 2.05) is 52.0 Å². The Morgan fingerprint density at radius 2 is 1.38 bits per heavy atom. The Kier molecular flexibility index (Phi) is 10.2. The van der Waals surface area contributed by atoms with Crippen LogP contribution >= 0.6 is 11.6 Å². The standard InChI is InChI=1S/C30H36ClN3O4S/c1-21(2)18-32-30(36)24(5)33(19-25-10-6-22(3)7-11-25)29(35)20-34(27-14-12-26(31)13-15-27)39(37,38)28-16-8-23(4)9-17-28/h6-17,21,24H,18-20H2,1-5H3,(H,32,36)/t24-/m0/s1. The predicted molar refractivity (Wildman–Crippen MR) is 156 cm³/mol. The number of rotatable bonds is 11. The maximum Gasteiger partial charge on any atom is 0.264 e. The van der Waals surface area contributed by atoms with Crippen molar-refractivity contribution < 1.29 is 18.0 Å². The maximum atomic E-state index is 13.9. The summed E-state index contributed by atoms with van der Waals surface area (Å²) in [5.41, 5.74) is 3.10. The van der Waals surface area contributed by atoms with Crippen molar-refractivity contribution in [3.05, 3.63) is 94.5 Å². The van der Waals surface area contributed by atoms with E-state index in [2.05, 4.69) is 5.32 Å². The molecule has 9 heteroatoms. The highest BCUT2D eigenvalue weighted by Gasteiger charge is 2.32. The first kappa shape index (κ1) is 30.2. The van der Waals surface area contributed by atoms with Gasteiger partial charge in [0.15, 0.2) is 0 Å². The molecular weight excluding hydrogens is 534 g/mol. The summed E-state index contributed by atoms with van der Waals surface area (Å²) in [5.74, 6) is -0.570. The lowest BCUT2D eigenvalue weighted by atomic mass is 10.1. The lowest BCUT2D eigenvalue weighted by molar-refractivity contribution is -0.139. The molecule has 7 nitrogen and oxygen atoms in total. The Bertz CT molecular complexity index is 1370. The molecule has 39 heavy (non-hydrogen) atoms. The van der Waals surface area contributed by atoms with Crippen LogP contribution in [0.2, 0.25) is 5.02 Å².